The van der Waals surface area contributed by atoms with Crippen molar-refractivity contribution in [2.24, 2.45) is 5.92 Å². The van der Waals surface area contributed by atoms with Crippen LogP contribution in [-0.2, 0) is 16.0 Å². The molecule has 38 heavy (non-hydrogen) atoms. The van der Waals surface area contributed by atoms with E-state index in [0.29, 0.717) is 12.1 Å². The van der Waals surface area contributed by atoms with Crippen molar-refractivity contribution in [2.75, 3.05) is 20.8 Å². The first kappa shape index (κ1) is 27.3. The number of ether oxygens (including phenoxy) is 3. The van der Waals surface area contributed by atoms with Gasteiger partial charge in [0, 0.05) is 42.2 Å². The first-order valence-electron chi connectivity index (χ1n) is 12.9. The van der Waals surface area contributed by atoms with E-state index in [4.69, 9.17) is 20.6 Å². The summed E-state index contributed by atoms with van der Waals surface area (Å²) in [7, 11) is 3.05. The highest BCUT2D eigenvalue weighted by Crippen LogP contribution is 2.39. The smallest absolute Gasteiger partial charge is 0.419 e. The van der Waals surface area contributed by atoms with E-state index in [1.54, 1.807) is 30.0 Å². The van der Waals surface area contributed by atoms with Gasteiger partial charge < -0.3 is 14.2 Å². The van der Waals surface area contributed by atoms with Gasteiger partial charge in [-0.15, -0.1) is 12.3 Å². The first-order valence-corrected chi connectivity index (χ1v) is 12.9. The summed E-state index contributed by atoms with van der Waals surface area (Å²) >= 11 is 0. The minimum atomic E-state index is -0.602. The SMILES string of the molecule is C#CC1CCN(Cc2c(OC)cc(C)c3c2ccn3C(=O)OC(C)(C)C)[C@H](c2ccc(C(=O)OC)cc2)C1. The molecule has 1 fully saturated rings. The molecule has 1 aliphatic heterocycles. The number of methoxy groups -OCH3 is 2. The van der Waals surface area contributed by atoms with Crippen molar-refractivity contribution in [2.45, 2.75) is 58.7 Å². The Bertz CT molecular complexity index is 1370. The zero-order valence-corrected chi connectivity index (χ0v) is 23.0. The van der Waals surface area contributed by atoms with Crippen LogP contribution in [0.4, 0.5) is 4.79 Å². The van der Waals surface area contributed by atoms with Crippen molar-refractivity contribution in [3.8, 4) is 18.1 Å². The molecule has 0 bridgehead atoms. The first-order chi connectivity index (χ1) is 18.1. The average Bonchev–Trinajstić information content (AvgIpc) is 3.35. The fourth-order valence-corrected chi connectivity index (χ4v) is 5.24. The van der Waals surface area contributed by atoms with Gasteiger partial charge in [-0.05, 0) is 75.9 Å². The zero-order chi connectivity index (χ0) is 27.6. The van der Waals surface area contributed by atoms with Crippen LogP contribution in [-0.4, -0.2) is 47.9 Å². The summed E-state index contributed by atoms with van der Waals surface area (Å²) in [5.41, 5.74) is 3.74. The Balaban J connectivity index is 1.73. The summed E-state index contributed by atoms with van der Waals surface area (Å²) in [5.74, 6) is 3.52. The maximum Gasteiger partial charge on any atom is 0.419 e. The van der Waals surface area contributed by atoms with Gasteiger partial charge in [0.05, 0.1) is 25.3 Å². The molecular weight excluding hydrogens is 480 g/mol. The molecule has 0 radical (unpaired) electrons. The van der Waals surface area contributed by atoms with Gasteiger partial charge in [-0.25, -0.2) is 9.59 Å². The Morgan fingerprint density at radius 3 is 2.45 bits per heavy atom. The van der Waals surface area contributed by atoms with Gasteiger partial charge in [0.1, 0.15) is 11.4 Å². The molecule has 1 aromatic heterocycles. The Kier molecular flexibility index (Phi) is 7.84. The molecular formula is C31H36N2O5. The molecule has 1 unspecified atom stereocenters. The molecule has 2 aromatic carbocycles. The van der Waals surface area contributed by atoms with Crippen molar-refractivity contribution in [3.05, 3.63) is 64.8 Å². The van der Waals surface area contributed by atoms with E-state index in [-0.39, 0.29) is 17.9 Å². The number of aryl methyl sites for hydroxylation is 1. The van der Waals surface area contributed by atoms with Crippen molar-refractivity contribution in [1.82, 2.24) is 9.47 Å². The minimum absolute atomic E-state index is 0.0606. The molecule has 200 valence electrons. The van der Waals surface area contributed by atoms with Crippen molar-refractivity contribution >= 4 is 23.0 Å². The van der Waals surface area contributed by atoms with E-state index in [2.05, 4.69) is 10.8 Å². The molecule has 0 saturated carbocycles. The Morgan fingerprint density at radius 1 is 1.13 bits per heavy atom. The second-order valence-corrected chi connectivity index (χ2v) is 10.8. The van der Waals surface area contributed by atoms with E-state index in [1.807, 2.05) is 52.0 Å². The monoisotopic (exact) mass is 516 g/mol. The van der Waals surface area contributed by atoms with E-state index < -0.39 is 11.7 Å². The normalized spacial score (nSPS) is 18.1. The molecule has 4 rings (SSSR count). The topological polar surface area (TPSA) is 70.0 Å². The van der Waals surface area contributed by atoms with Gasteiger partial charge in [-0.1, -0.05) is 12.1 Å². The van der Waals surface area contributed by atoms with Crippen LogP contribution in [0.25, 0.3) is 10.9 Å². The molecule has 1 aliphatic rings. The lowest BCUT2D eigenvalue weighted by molar-refractivity contribution is 0.0542. The standard InChI is InChI=1S/C31H36N2O5/c1-8-21-13-15-32(26(18-21)22-9-11-23(12-10-22)29(34)37-7)19-25-24-14-16-33(30(35)38-31(3,4)5)28(24)20(2)17-27(25)36-6/h1,9-12,14,16-17,21,26H,13,15,18-19H2,2-7H3/t21?,26-/m0/s1. The number of terminal acetylenes is 1. The number of aromatic nitrogens is 1. The summed E-state index contributed by atoms with van der Waals surface area (Å²) in [6.45, 7) is 8.96. The van der Waals surface area contributed by atoms with Crippen LogP contribution in [0.2, 0.25) is 0 Å². The van der Waals surface area contributed by atoms with Crippen LogP contribution >= 0.6 is 0 Å². The van der Waals surface area contributed by atoms with Crippen LogP contribution in [0.1, 0.15) is 66.7 Å². The van der Waals surface area contributed by atoms with Crippen LogP contribution in [0.15, 0.2) is 42.6 Å². The molecule has 0 aliphatic carbocycles. The number of piperidine rings is 1. The summed E-state index contributed by atoms with van der Waals surface area (Å²) < 4.78 is 17.9. The number of esters is 1. The van der Waals surface area contributed by atoms with Gasteiger partial charge in [-0.2, -0.15) is 0 Å². The number of hydrogen-bond donors (Lipinski definition) is 0. The maximum absolute atomic E-state index is 13.0. The van der Waals surface area contributed by atoms with Crippen molar-refractivity contribution in [1.29, 1.82) is 0 Å². The number of fused-ring (bicyclic) bond motifs is 1. The minimum Gasteiger partial charge on any atom is -0.496 e. The molecule has 2 heterocycles. The van der Waals surface area contributed by atoms with E-state index in [0.717, 1.165) is 52.7 Å². The third kappa shape index (κ3) is 5.56. The van der Waals surface area contributed by atoms with E-state index in [9.17, 15) is 9.59 Å². The molecule has 2 atom stereocenters. The zero-order valence-electron chi connectivity index (χ0n) is 23.0. The van der Waals surface area contributed by atoms with Crippen molar-refractivity contribution in [3.63, 3.8) is 0 Å². The van der Waals surface area contributed by atoms with Crippen LogP contribution in [0, 0.1) is 25.2 Å². The Morgan fingerprint density at radius 2 is 1.84 bits per heavy atom. The highest BCUT2D eigenvalue weighted by molar-refractivity contribution is 5.95. The maximum atomic E-state index is 13.0. The largest absolute Gasteiger partial charge is 0.496 e. The second kappa shape index (κ2) is 10.9. The van der Waals surface area contributed by atoms with Gasteiger partial charge >= 0.3 is 12.1 Å². The lowest BCUT2D eigenvalue weighted by Gasteiger charge is -2.39. The predicted octanol–water partition coefficient (Wildman–Crippen LogP) is 6.11. The number of hydrogen-bond acceptors (Lipinski definition) is 6. The number of carbonyl (C=O) groups excluding carboxylic acids is 2. The average molecular weight is 517 g/mol. The van der Waals surface area contributed by atoms with Crippen molar-refractivity contribution < 1.29 is 23.8 Å². The van der Waals surface area contributed by atoms with Crippen LogP contribution in [0.3, 0.4) is 0 Å². The lowest BCUT2D eigenvalue weighted by atomic mass is 9.86. The number of benzene rings is 2. The number of carbonyl (C=O) groups is 2. The molecule has 3 aromatic rings. The van der Waals surface area contributed by atoms with Crippen LogP contribution in [0.5, 0.6) is 5.75 Å². The lowest BCUT2D eigenvalue weighted by Crippen LogP contribution is -2.36. The Hall–Kier alpha value is -3.76. The third-order valence-electron chi connectivity index (χ3n) is 7.07. The molecule has 7 heteroatoms. The fourth-order valence-electron chi connectivity index (χ4n) is 5.24. The van der Waals surface area contributed by atoms with E-state index in [1.165, 1.54) is 7.11 Å². The highest BCUT2D eigenvalue weighted by atomic mass is 16.6. The Labute approximate surface area is 224 Å². The quantitative estimate of drug-likeness (QED) is 0.301. The van der Waals surface area contributed by atoms with Gasteiger partial charge in [0.15, 0.2) is 0 Å². The molecule has 0 spiro atoms. The summed E-state index contributed by atoms with van der Waals surface area (Å²) in [6, 6.07) is 11.5. The highest BCUT2D eigenvalue weighted by Gasteiger charge is 2.31. The summed E-state index contributed by atoms with van der Waals surface area (Å²) in [6.07, 6.45) is 8.90. The molecule has 7 nitrogen and oxygen atoms in total. The number of rotatable bonds is 5. The molecule has 0 amide bonds. The fraction of sp³-hybridized carbons (Fsp3) is 0.419. The van der Waals surface area contributed by atoms with Crippen LogP contribution < -0.4 is 4.74 Å². The molecule has 1 saturated heterocycles. The second-order valence-electron chi connectivity index (χ2n) is 10.8. The summed E-state index contributed by atoms with van der Waals surface area (Å²) in [5, 5.41) is 0.951. The number of nitrogens with zero attached hydrogens (tertiary/aromatic N) is 2. The van der Waals surface area contributed by atoms with E-state index >= 15 is 0 Å². The van der Waals surface area contributed by atoms with Gasteiger partial charge in [-0.3, -0.25) is 9.47 Å². The third-order valence-corrected chi connectivity index (χ3v) is 7.07. The van der Waals surface area contributed by atoms with Gasteiger partial charge in [0.2, 0.25) is 0 Å². The number of likely N-dealkylation sites (tertiary alicyclic amines) is 1. The van der Waals surface area contributed by atoms with Gasteiger partial charge in [0.25, 0.3) is 0 Å². The predicted molar refractivity (Wildman–Crippen MR) is 147 cm³/mol. The summed E-state index contributed by atoms with van der Waals surface area (Å²) in [4.78, 5) is 27.3. The molecule has 0 N–H and O–H groups in total.